The van der Waals surface area contributed by atoms with Gasteiger partial charge in [-0.1, -0.05) is 34.6 Å². The Morgan fingerprint density at radius 2 is 1.17 bits per heavy atom. The minimum atomic E-state index is -2.01. The minimum Gasteiger partial charge on any atom is -0.462 e. The number of pyridine rings is 2. The highest BCUT2D eigenvalue weighted by atomic mass is 127. The van der Waals surface area contributed by atoms with E-state index in [0.29, 0.717) is 39.4 Å². The maximum Gasteiger partial charge on any atom is 0.343 e. The molecule has 2 atom stereocenters. The molecule has 0 amide bonds. The van der Waals surface area contributed by atoms with Crippen LogP contribution < -0.4 is 10.9 Å². The lowest BCUT2D eigenvalue weighted by Crippen LogP contribution is -2.42. The van der Waals surface area contributed by atoms with Crippen LogP contribution in [0, 0.1) is 18.8 Å². The number of esters is 2. The molecule has 0 fully saturated rings. The summed E-state index contributed by atoms with van der Waals surface area (Å²) in [5, 5.41) is 10.1. The van der Waals surface area contributed by atoms with E-state index in [1.807, 2.05) is 36.4 Å². The second kappa shape index (κ2) is 18.7. The Morgan fingerprint density at radius 1 is 0.774 bits per heavy atom. The highest BCUT2D eigenvalue weighted by molar-refractivity contribution is 14.1. The fourth-order valence-corrected chi connectivity index (χ4v) is 7.31. The van der Waals surface area contributed by atoms with Gasteiger partial charge >= 0.3 is 11.9 Å². The van der Waals surface area contributed by atoms with Gasteiger partial charge in [0.05, 0.1) is 49.5 Å². The van der Waals surface area contributed by atoms with Crippen LogP contribution in [-0.2, 0) is 13.9 Å². The molecule has 2 aromatic heterocycles. The van der Waals surface area contributed by atoms with Crippen LogP contribution in [0.4, 0.5) is 8.78 Å². The Balaban J connectivity index is 0.000000295. The monoisotopic (exact) mass is 980 g/mol. The van der Waals surface area contributed by atoms with Crippen LogP contribution in [0.5, 0.6) is 0 Å². The summed E-state index contributed by atoms with van der Waals surface area (Å²) in [6.45, 7) is 18.6. The Labute approximate surface area is 336 Å². The van der Waals surface area contributed by atoms with E-state index < -0.39 is 42.7 Å². The van der Waals surface area contributed by atoms with Crippen molar-refractivity contribution in [1.29, 1.82) is 0 Å². The number of hydrogen-bond donors (Lipinski definition) is 1. The molecule has 0 spiro atoms. The first-order valence-corrected chi connectivity index (χ1v) is 22.5. The number of aliphatic hydroxyl groups is 1. The van der Waals surface area contributed by atoms with Crippen molar-refractivity contribution in [2.45, 2.75) is 91.5 Å². The molecule has 4 rings (SSSR count). The van der Waals surface area contributed by atoms with Crippen molar-refractivity contribution < 1.29 is 37.4 Å². The summed E-state index contributed by atoms with van der Waals surface area (Å²) in [6, 6.07) is 5.00. The number of fused-ring (bicyclic) bond motifs is 2. The SMILES string of the molecule is CCOC(=O)c1cn(C(CC)CO)c2cc(F)c(I)cc2c1=O.CCOC(=O)c1cn(C(CC)CO[Si](C)(C)C(C)(C)C)c2cc(F)c(I)cc2c1=O. The van der Waals surface area contributed by atoms with Gasteiger partial charge in [-0.2, -0.15) is 0 Å². The van der Waals surface area contributed by atoms with E-state index in [4.69, 9.17) is 13.9 Å². The lowest BCUT2D eigenvalue weighted by molar-refractivity contribution is 0.0514. The number of halogens is 4. The number of nitrogens with zero attached hydrogens (tertiary/aromatic N) is 2. The molecule has 0 aliphatic heterocycles. The number of carbonyl (C=O) groups is 2. The zero-order chi connectivity index (χ0) is 40.0. The van der Waals surface area contributed by atoms with E-state index in [2.05, 4.69) is 33.9 Å². The van der Waals surface area contributed by atoms with Gasteiger partial charge in [-0.05, 0) is 114 Å². The third kappa shape index (κ3) is 10.1. The van der Waals surface area contributed by atoms with Crippen molar-refractivity contribution in [1.82, 2.24) is 9.13 Å². The summed E-state index contributed by atoms with van der Waals surface area (Å²) in [4.78, 5) is 50.0. The third-order valence-electron chi connectivity index (χ3n) is 9.52. The smallest absolute Gasteiger partial charge is 0.343 e. The zero-order valence-corrected chi connectivity index (χ0v) is 36.9. The molecule has 2 aromatic carbocycles. The van der Waals surface area contributed by atoms with E-state index >= 15 is 0 Å². The van der Waals surface area contributed by atoms with Crippen LogP contribution in [-0.4, -0.2) is 60.9 Å². The highest BCUT2D eigenvalue weighted by Gasteiger charge is 2.37. The molecule has 0 saturated carbocycles. The van der Waals surface area contributed by atoms with Gasteiger partial charge in [0.25, 0.3) is 0 Å². The summed E-state index contributed by atoms with van der Waals surface area (Å²) in [5.41, 5.74) is -0.303. The third-order valence-corrected chi connectivity index (χ3v) is 15.7. The first-order valence-electron chi connectivity index (χ1n) is 17.4. The Hall–Kier alpha value is -2.74. The van der Waals surface area contributed by atoms with Crippen molar-refractivity contribution >= 4 is 87.2 Å². The van der Waals surface area contributed by atoms with Gasteiger partial charge in [0, 0.05) is 30.3 Å². The van der Waals surface area contributed by atoms with Crippen molar-refractivity contribution in [2.75, 3.05) is 26.4 Å². The second-order valence-corrected chi connectivity index (χ2v) is 21.1. The van der Waals surface area contributed by atoms with E-state index in [-0.39, 0.29) is 57.0 Å². The second-order valence-electron chi connectivity index (χ2n) is 13.9. The molecule has 4 aromatic rings. The van der Waals surface area contributed by atoms with Crippen molar-refractivity contribution in [3.8, 4) is 0 Å². The van der Waals surface area contributed by atoms with Gasteiger partial charge in [-0.3, -0.25) is 9.59 Å². The number of benzene rings is 2. The van der Waals surface area contributed by atoms with Crippen LogP contribution in [0.3, 0.4) is 0 Å². The lowest BCUT2D eigenvalue weighted by Gasteiger charge is -2.37. The standard InChI is InChI=1S/C22H31FINO4Si.C16H17FINO4/c1-8-14(13-29-30(6,7)22(3,4)5)25-12-16(21(27)28-9-2)20(26)15-10-18(24)17(23)11-19(15)25;1-3-9(8-20)19-7-11(16(22)23-4-2)15(21)10-5-13(18)12(17)6-14(10)19/h10-12,14H,8-9,13H2,1-7H3;5-7,9,20H,3-4,8H2,1-2H3. The predicted molar refractivity (Wildman–Crippen MR) is 223 cm³/mol. The fourth-order valence-electron chi connectivity index (χ4n) is 5.33. The normalized spacial score (nSPS) is 13.0. The van der Waals surface area contributed by atoms with Gasteiger partial charge in [0.2, 0.25) is 10.9 Å². The molecular weight excluding hydrogens is 932 g/mol. The Bertz CT molecular complexity index is 2090. The van der Waals surface area contributed by atoms with Gasteiger partial charge < -0.3 is 28.1 Å². The highest BCUT2D eigenvalue weighted by Crippen LogP contribution is 2.37. The summed E-state index contributed by atoms with van der Waals surface area (Å²) < 4.78 is 48.7. The number of aliphatic hydroxyl groups excluding tert-OH is 1. The summed E-state index contributed by atoms with van der Waals surface area (Å²) in [5.74, 6) is -2.25. The molecule has 10 nitrogen and oxygen atoms in total. The quantitative estimate of drug-likeness (QED) is 0.0849. The zero-order valence-electron chi connectivity index (χ0n) is 31.6. The van der Waals surface area contributed by atoms with Crippen LogP contribution in [0.15, 0.2) is 46.2 Å². The van der Waals surface area contributed by atoms with Crippen molar-refractivity contribution in [3.05, 3.63) is 87.0 Å². The molecule has 2 unspecified atom stereocenters. The number of hydrogen-bond acceptors (Lipinski definition) is 8. The van der Waals surface area contributed by atoms with Crippen molar-refractivity contribution in [3.63, 3.8) is 0 Å². The number of rotatable bonds is 12. The molecule has 15 heteroatoms. The first-order chi connectivity index (χ1) is 24.8. The molecule has 290 valence electrons. The number of aromatic nitrogens is 2. The van der Waals surface area contributed by atoms with E-state index in [1.54, 1.807) is 45.6 Å². The number of ether oxygens (including phenoxy) is 2. The Kier molecular flexibility index (Phi) is 15.8. The summed E-state index contributed by atoms with van der Waals surface area (Å²) >= 11 is 3.64. The van der Waals surface area contributed by atoms with Gasteiger partial charge in [0.1, 0.15) is 22.8 Å². The maximum atomic E-state index is 14.4. The van der Waals surface area contributed by atoms with E-state index in [0.717, 1.165) is 0 Å². The largest absolute Gasteiger partial charge is 0.462 e. The molecule has 0 aliphatic rings. The van der Waals surface area contributed by atoms with Gasteiger partial charge in [-0.25, -0.2) is 18.4 Å². The maximum absolute atomic E-state index is 14.4. The molecule has 1 N–H and O–H groups in total. The first kappa shape index (κ1) is 44.7. The van der Waals surface area contributed by atoms with E-state index in [1.165, 1.54) is 36.7 Å². The molecule has 2 heterocycles. The summed E-state index contributed by atoms with van der Waals surface area (Å²) in [7, 11) is -2.01. The molecular formula is C38H48F2I2N2O8Si. The van der Waals surface area contributed by atoms with Crippen LogP contribution >= 0.6 is 45.2 Å². The Morgan fingerprint density at radius 3 is 1.51 bits per heavy atom. The average molecular weight is 981 g/mol. The topological polar surface area (TPSA) is 126 Å². The number of carbonyl (C=O) groups excluding carboxylic acids is 2. The minimum absolute atomic E-state index is 0.0439. The molecule has 0 aliphatic carbocycles. The molecule has 0 bridgehead atoms. The molecule has 0 radical (unpaired) electrons. The lowest BCUT2D eigenvalue weighted by atomic mass is 10.1. The fraction of sp³-hybridized carbons (Fsp3) is 0.474. The van der Waals surface area contributed by atoms with Gasteiger partial charge in [-0.15, -0.1) is 0 Å². The molecule has 0 saturated heterocycles. The van der Waals surface area contributed by atoms with Crippen LogP contribution in [0.25, 0.3) is 21.8 Å². The predicted octanol–water partition coefficient (Wildman–Crippen LogP) is 8.76. The average Bonchev–Trinajstić information content (AvgIpc) is 3.09. The van der Waals surface area contributed by atoms with Crippen LogP contribution in [0.2, 0.25) is 18.1 Å². The van der Waals surface area contributed by atoms with Crippen molar-refractivity contribution in [2.24, 2.45) is 0 Å². The van der Waals surface area contributed by atoms with Crippen LogP contribution in [0.1, 0.15) is 94.1 Å². The summed E-state index contributed by atoms with van der Waals surface area (Å²) in [6.07, 6.45) is 4.10. The van der Waals surface area contributed by atoms with E-state index in [9.17, 15) is 33.1 Å². The van der Waals surface area contributed by atoms with Gasteiger partial charge in [0.15, 0.2) is 8.32 Å². The molecule has 53 heavy (non-hydrogen) atoms.